The summed E-state index contributed by atoms with van der Waals surface area (Å²) in [5.74, 6) is 0.976. The molecule has 1 atom stereocenters. The smallest absolute Gasteiger partial charge is 0.408 e. The van der Waals surface area contributed by atoms with Gasteiger partial charge in [-0.1, -0.05) is 66.7 Å². The molecule has 0 aliphatic carbocycles. The minimum absolute atomic E-state index is 0.0662. The fraction of sp³-hybridized carbons (Fsp3) is 0.324. The first-order chi connectivity index (χ1) is 21.5. The van der Waals surface area contributed by atoms with E-state index < -0.39 is 18.1 Å². The number of aliphatic carboxylic acids is 1. The highest BCUT2D eigenvalue weighted by atomic mass is 16.5. The van der Waals surface area contributed by atoms with Crippen molar-refractivity contribution in [1.82, 2.24) is 20.3 Å². The molecule has 44 heavy (non-hydrogen) atoms. The molecular weight excluding hydrogens is 556 g/mol. The van der Waals surface area contributed by atoms with Crippen molar-refractivity contribution in [3.8, 4) is 0 Å². The number of hydrogen-bond donors (Lipinski definition) is 3. The van der Waals surface area contributed by atoms with Gasteiger partial charge in [0.25, 0.3) is 0 Å². The van der Waals surface area contributed by atoms with Gasteiger partial charge in [0.1, 0.15) is 30.6 Å². The highest BCUT2D eigenvalue weighted by Gasteiger charge is 2.26. The van der Waals surface area contributed by atoms with E-state index in [1.165, 1.54) is 11.9 Å². The lowest BCUT2D eigenvalue weighted by molar-refractivity contribution is -0.139. The van der Waals surface area contributed by atoms with Crippen LogP contribution in [-0.2, 0) is 29.1 Å². The third kappa shape index (κ3) is 8.31. The summed E-state index contributed by atoms with van der Waals surface area (Å²) in [6, 6.07) is 24.6. The number of anilines is 2. The van der Waals surface area contributed by atoms with Crippen molar-refractivity contribution in [2.24, 2.45) is 0 Å². The maximum atomic E-state index is 12.3. The lowest BCUT2D eigenvalue weighted by Gasteiger charge is -2.33. The lowest BCUT2D eigenvalue weighted by Crippen LogP contribution is -2.41. The molecule has 0 radical (unpaired) electrons. The molecule has 1 fully saturated rings. The van der Waals surface area contributed by atoms with E-state index in [1.54, 1.807) is 0 Å². The average molecular weight is 595 g/mol. The molecule has 0 spiro atoms. The lowest BCUT2D eigenvalue weighted by atomic mass is 9.92. The Hall–Kier alpha value is -4.99. The number of pyridine rings is 1. The normalized spacial score (nSPS) is 14.1. The molecule has 2 aromatic carbocycles. The van der Waals surface area contributed by atoms with E-state index in [9.17, 15) is 14.7 Å². The van der Waals surface area contributed by atoms with Crippen LogP contribution in [0.2, 0.25) is 0 Å². The number of benzene rings is 2. The van der Waals surface area contributed by atoms with E-state index >= 15 is 0 Å². The molecular formula is C34H38N6O4. The fourth-order valence-corrected chi connectivity index (χ4v) is 5.45. The molecule has 3 N–H and O–H groups in total. The summed E-state index contributed by atoms with van der Waals surface area (Å²) in [6.07, 6.45) is 3.21. The quantitative estimate of drug-likeness (QED) is 0.195. The van der Waals surface area contributed by atoms with Crippen LogP contribution in [0, 0.1) is 6.92 Å². The van der Waals surface area contributed by atoms with E-state index in [2.05, 4.69) is 49.8 Å². The Labute approximate surface area is 257 Å². The number of hydrogen-bond acceptors (Lipinski definition) is 8. The largest absolute Gasteiger partial charge is 0.480 e. The molecule has 1 aliphatic heterocycles. The number of amides is 1. The predicted molar refractivity (Wildman–Crippen MR) is 168 cm³/mol. The van der Waals surface area contributed by atoms with Crippen LogP contribution in [0.4, 0.5) is 16.4 Å². The van der Waals surface area contributed by atoms with E-state index in [1.807, 2.05) is 61.5 Å². The van der Waals surface area contributed by atoms with E-state index in [0.717, 1.165) is 66.6 Å². The van der Waals surface area contributed by atoms with Gasteiger partial charge in [-0.15, -0.1) is 0 Å². The van der Waals surface area contributed by atoms with Gasteiger partial charge in [-0.3, -0.25) is 0 Å². The van der Waals surface area contributed by atoms with Crippen molar-refractivity contribution >= 4 is 23.7 Å². The number of aromatic nitrogens is 3. The van der Waals surface area contributed by atoms with Crippen molar-refractivity contribution in [3.05, 3.63) is 113 Å². The Balaban J connectivity index is 1.13. The molecule has 0 saturated carbocycles. The van der Waals surface area contributed by atoms with Gasteiger partial charge < -0.3 is 25.4 Å². The van der Waals surface area contributed by atoms with Gasteiger partial charge in [0.15, 0.2) is 0 Å². The maximum Gasteiger partial charge on any atom is 0.408 e. The molecule has 1 amide bonds. The summed E-state index contributed by atoms with van der Waals surface area (Å²) in [5, 5.41) is 15.6. The molecule has 228 valence electrons. The molecule has 1 aliphatic rings. The number of carbonyl (C=O) groups is 2. The molecule has 1 saturated heterocycles. The van der Waals surface area contributed by atoms with Crippen LogP contribution in [0.1, 0.15) is 53.3 Å². The molecule has 0 bridgehead atoms. The van der Waals surface area contributed by atoms with Crippen molar-refractivity contribution in [2.75, 3.05) is 23.3 Å². The second-order valence-corrected chi connectivity index (χ2v) is 11.0. The van der Waals surface area contributed by atoms with Crippen LogP contribution in [-0.4, -0.2) is 51.3 Å². The summed E-state index contributed by atoms with van der Waals surface area (Å²) in [6.45, 7) is 4.43. The number of carboxylic acids is 1. The van der Waals surface area contributed by atoms with Crippen LogP contribution in [0.3, 0.4) is 0 Å². The van der Waals surface area contributed by atoms with Crippen molar-refractivity contribution in [3.63, 3.8) is 0 Å². The molecule has 2 aromatic heterocycles. The number of carboxylic acid groups (broad SMARTS) is 1. The third-order valence-electron chi connectivity index (χ3n) is 7.93. The van der Waals surface area contributed by atoms with E-state index in [0.29, 0.717) is 12.3 Å². The summed E-state index contributed by atoms with van der Waals surface area (Å²) in [4.78, 5) is 40.3. The van der Waals surface area contributed by atoms with Crippen molar-refractivity contribution < 1.29 is 19.4 Å². The van der Waals surface area contributed by atoms with Gasteiger partial charge in [-0.2, -0.15) is 0 Å². The number of rotatable bonds is 12. The summed E-state index contributed by atoms with van der Waals surface area (Å²) < 4.78 is 5.21. The number of carbonyl (C=O) groups excluding carboxylic acids is 1. The summed E-state index contributed by atoms with van der Waals surface area (Å²) in [5.41, 5.74) is 4.82. The summed E-state index contributed by atoms with van der Waals surface area (Å²) >= 11 is 0. The zero-order chi connectivity index (χ0) is 30.7. The number of nitrogens with one attached hydrogen (secondary N) is 2. The number of piperidine rings is 1. The first-order valence-electron chi connectivity index (χ1n) is 15.0. The first-order valence-corrected chi connectivity index (χ1v) is 15.0. The molecule has 4 aromatic rings. The second kappa shape index (κ2) is 15.0. The Morgan fingerprint density at radius 3 is 2.36 bits per heavy atom. The maximum absolute atomic E-state index is 12.3. The van der Waals surface area contributed by atoms with Gasteiger partial charge in [-0.25, -0.2) is 24.5 Å². The van der Waals surface area contributed by atoms with Crippen LogP contribution in [0.25, 0.3) is 0 Å². The summed E-state index contributed by atoms with van der Waals surface area (Å²) in [7, 11) is 0. The van der Waals surface area contributed by atoms with Gasteiger partial charge in [0.05, 0.1) is 0 Å². The minimum Gasteiger partial charge on any atom is -0.480 e. The molecule has 5 rings (SSSR count). The molecule has 1 unspecified atom stereocenters. The molecule has 3 heterocycles. The molecule has 10 heteroatoms. The van der Waals surface area contributed by atoms with Gasteiger partial charge in [-0.05, 0) is 55.9 Å². The fourth-order valence-electron chi connectivity index (χ4n) is 5.45. The van der Waals surface area contributed by atoms with Gasteiger partial charge in [0.2, 0.25) is 0 Å². The topological polar surface area (TPSA) is 130 Å². The molecule has 10 nitrogen and oxygen atoms in total. The number of alkyl carbamates (subject to hydrolysis) is 1. The van der Waals surface area contributed by atoms with E-state index in [-0.39, 0.29) is 13.0 Å². The minimum atomic E-state index is -1.12. The van der Waals surface area contributed by atoms with Crippen LogP contribution >= 0.6 is 0 Å². The zero-order valence-electron chi connectivity index (χ0n) is 24.9. The van der Waals surface area contributed by atoms with Crippen LogP contribution in [0.5, 0.6) is 0 Å². The average Bonchev–Trinajstić information content (AvgIpc) is 3.06. The monoisotopic (exact) mass is 594 g/mol. The van der Waals surface area contributed by atoms with Crippen LogP contribution in [0.15, 0.2) is 85.2 Å². The number of nitrogens with zero attached hydrogens (tertiary/aromatic N) is 4. The number of ether oxygens (including phenoxy) is 1. The van der Waals surface area contributed by atoms with Gasteiger partial charge in [0, 0.05) is 42.5 Å². The van der Waals surface area contributed by atoms with Crippen LogP contribution < -0.4 is 15.5 Å². The Morgan fingerprint density at radius 1 is 0.955 bits per heavy atom. The zero-order valence-corrected chi connectivity index (χ0v) is 24.9. The Bertz CT molecular complexity index is 1530. The third-order valence-corrected chi connectivity index (χ3v) is 7.93. The van der Waals surface area contributed by atoms with E-state index in [4.69, 9.17) is 9.72 Å². The highest BCUT2D eigenvalue weighted by molar-refractivity contribution is 5.79. The van der Waals surface area contributed by atoms with Crippen molar-refractivity contribution in [2.45, 2.75) is 57.7 Å². The SMILES string of the molecule is Cc1c(CCC(NC(=O)OCc2ccccc2)C(=O)O)ncnc1N1CCC(c2cccc(NCc3ccccc3)n2)CC1. The number of aryl methyl sites for hydroxylation is 1. The Kier molecular flexibility index (Phi) is 10.4. The predicted octanol–water partition coefficient (Wildman–Crippen LogP) is 5.49. The van der Waals surface area contributed by atoms with Gasteiger partial charge >= 0.3 is 12.1 Å². The first kappa shape index (κ1) is 30.5. The Morgan fingerprint density at radius 2 is 1.66 bits per heavy atom. The highest BCUT2D eigenvalue weighted by Crippen LogP contribution is 2.31. The van der Waals surface area contributed by atoms with Crippen molar-refractivity contribution in [1.29, 1.82) is 0 Å². The standard InChI is InChI=1S/C34H38N6O4/c1-24-28(15-16-30(33(41)42)39-34(43)44-22-26-11-6-3-7-12-26)36-23-37-32(24)40-19-17-27(18-20-40)29-13-8-14-31(38-29)35-21-25-9-4-2-5-10-25/h2-14,23,27,30H,15-22H2,1H3,(H,35,38)(H,39,43)(H,41,42). The second-order valence-electron chi connectivity index (χ2n) is 11.0.